The Morgan fingerprint density at radius 1 is 1.19 bits per heavy atom. The normalized spacial score (nSPS) is 22.0. The molecule has 0 radical (unpaired) electrons. The molecule has 1 unspecified atom stereocenters. The highest BCUT2D eigenvalue weighted by Crippen LogP contribution is 2.28. The Morgan fingerprint density at radius 3 is 2.62 bits per heavy atom. The highest BCUT2D eigenvalue weighted by Gasteiger charge is 2.36. The first-order valence-corrected chi connectivity index (χ1v) is 10.0. The van der Waals surface area contributed by atoms with Crippen molar-refractivity contribution in [1.29, 1.82) is 0 Å². The number of carbonyl (C=O) groups excluding carboxylic acids is 2. The smallest absolute Gasteiger partial charge is 0.227 e. The fourth-order valence-corrected chi connectivity index (χ4v) is 4.13. The predicted molar refractivity (Wildman–Crippen MR) is 104 cm³/mol. The van der Waals surface area contributed by atoms with Crippen LogP contribution in [0.25, 0.3) is 0 Å². The van der Waals surface area contributed by atoms with Gasteiger partial charge in [0.05, 0.1) is 5.92 Å². The first kappa shape index (κ1) is 18.9. The number of rotatable bonds is 6. The Balaban J connectivity index is 1.56. The summed E-state index contributed by atoms with van der Waals surface area (Å²) in [6.45, 7) is 8.04. The minimum Gasteiger partial charge on any atom is -0.353 e. The molecule has 2 heterocycles. The van der Waals surface area contributed by atoms with E-state index >= 15 is 0 Å². The Bertz CT molecular complexity index is 638. The number of nitrogens with zero attached hydrogens (tertiary/aromatic N) is 2. The number of hydrogen-bond donors (Lipinski definition) is 1. The number of anilines is 1. The lowest BCUT2D eigenvalue weighted by molar-refractivity contribution is -0.127. The van der Waals surface area contributed by atoms with Crippen LogP contribution in [0.15, 0.2) is 24.3 Å². The monoisotopic (exact) mass is 357 g/mol. The molecule has 0 aromatic heterocycles. The molecule has 2 aliphatic rings. The number of carbonyl (C=O) groups is 2. The molecule has 1 atom stereocenters. The van der Waals surface area contributed by atoms with E-state index < -0.39 is 0 Å². The lowest BCUT2D eigenvalue weighted by Gasteiger charge is -2.32. The van der Waals surface area contributed by atoms with Crippen LogP contribution in [0.1, 0.15) is 45.1 Å². The molecule has 2 amide bonds. The van der Waals surface area contributed by atoms with Gasteiger partial charge in [-0.3, -0.25) is 9.59 Å². The van der Waals surface area contributed by atoms with Gasteiger partial charge in [0, 0.05) is 37.8 Å². The summed E-state index contributed by atoms with van der Waals surface area (Å²) in [6, 6.07) is 8.25. The van der Waals surface area contributed by atoms with Crippen LogP contribution in [-0.4, -0.2) is 48.9 Å². The summed E-state index contributed by atoms with van der Waals surface area (Å²) in [6.07, 6.45) is 4.39. The van der Waals surface area contributed by atoms with Gasteiger partial charge in [0.25, 0.3) is 0 Å². The third-order valence-electron chi connectivity index (χ3n) is 5.63. The maximum atomic E-state index is 12.7. The standard InChI is InChI=1S/C21H31N3O2/c1-3-11-23-12-9-18(10-13-23)22-21(26)17-14-20(25)24(15-17)19-8-6-5-7-16(19)4-2/h5-8,17-18H,3-4,9-15H2,1-2H3,(H,22,26). The molecule has 1 N–H and O–H groups in total. The third kappa shape index (κ3) is 4.26. The largest absolute Gasteiger partial charge is 0.353 e. The Labute approximate surface area is 156 Å². The van der Waals surface area contributed by atoms with E-state index in [1.807, 2.05) is 18.2 Å². The second kappa shape index (κ2) is 8.67. The van der Waals surface area contributed by atoms with Crippen molar-refractivity contribution in [2.75, 3.05) is 31.1 Å². The second-order valence-electron chi connectivity index (χ2n) is 7.51. The first-order valence-electron chi connectivity index (χ1n) is 10.0. The Kier molecular flexibility index (Phi) is 6.30. The molecule has 2 fully saturated rings. The van der Waals surface area contributed by atoms with E-state index in [9.17, 15) is 9.59 Å². The number of nitrogens with one attached hydrogen (secondary N) is 1. The van der Waals surface area contributed by atoms with Crippen molar-refractivity contribution in [2.45, 2.75) is 52.0 Å². The molecule has 0 aliphatic carbocycles. The number of benzene rings is 1. The molecule has 0 bridgehead atoms. The average Bonchev–Trinajstić information content (AvgIpc) is 3.05. The van der Waals surface area contributed by atoms with Gasteiger partial charge in [-0.1, -0.05) is 32.0 Å². The molecule has 142 valence electrons. The number of para-hydroxylation sites is 1. The summed E-state index contributed by atoms with van der Waals surface area (Å²) in [7, 11) is 0. The maximum Gasteiger partial charge on any atom is 0.227 e. The quantitative estimate of drug-likeness (QED) is 0.851. The summed E-state index contributed by atoms with van der Waals surface area (Å²) < 4.78 is 0. The molecule has 5 nitrogen and oxygen atoms in total. The second-order valence-corrected chi connectivity index (χ2v) is 7.51. The van der Waals surface area contributed by atoms with E-state index in [0.29, 0.717) is 13.0 Å². The van der Waals surface area contributed by atoms with Gasteiger partial charge in [0.15, 0.2) is 0 Å². The summed E-state index contributed by atoms with van der Waals surface area (Å²) in [5.41, 5.74) is 2.12. The summed E-state index contributed by atoms with van der Waals surface area (Å²) in [5, 5.41) is 3.20. The summed E-state index contributed by atoms with van der Waals surface area (Å²) in [4.78, 5) is 29.5. The van der Waals surface area contributed by atoms with E-state index in [0.717, 1.165) is 50.1 Å². The van der Waals surface area contributed by atoms with Gasteiger partial charge in [-0.2, -0.15) is 0 Å². The molecule has 1 aromatic carbocycles. The van der Waals surface area contributed by atoms with Crippen molar-refractivity contribution < 1.29 is 9.59 Å². The van der Waals surface area contributed by atoms with Gasteiger partial charge in [-0.05, 0) is 43.9 Å². The molecule has 1 aromatic rings. The predicted octanol–water partition coefficient (Wildman–Crippen LogP) is 2.59. The number of likely N-dealkylation sites (tertiary alicyclic amines) is 1. The van der Waals surface area contributed by atoms with Crippen molar-refractivity contribution >= 4 is 17.5 Å². The van der Waals surface area contributed by atoms with Gasteiger partial charge < -0.3 is 15.1 Å². The van der Waals surface area contributed by atoms with Crippen LogP contribution in [0.4, 0.5) is 5.69 Å². The van der Waals surface area contributed by atoms with Crippen molar-refractivity contribution in [3.8, 4) is 0 Å². The topological polar surface area (TPSA) is 52.7 Å². The number of aryl methyl sites for hydroxylation is 1. The summed E-state index contributed by atoms with van der Waals surface area (Å²) >= 11 is 0. The first-order chi connectivity index (χ1) is 12.6. The van der Waals surface area contributed by atoms with Crippen molar-refractivity contribution in [2.24, 2.45) is 5.92 Å². The van der Waals surface area contributed by atoms with Crippen molar-refractivity contribution in [3.05, 3.63) is 29.8 Å². The molecule has 5 heteroatoms. The van der Waals surface area contributed by atoms with Crippen LogP contribution in [0.3, 0.4) is 0 Å². The van der Waals surface area contributed by atoms with Crippen LogP contribution in [0.2, 0.25) is 0 Å². The zero-order valence-corrected chi connectivity index (χ0v) is 16.0. The van der Waals surface area contributed by atoms with Crippen LogP contribution in [-0.2, 0) is 16.0 Å². The van der Waals surface area contributed by atoms with E-state index in [2.05, 4.69) is 30.1 Å². The highest BCUT2D eigenvalue weighted by atomic mass is 16.2. The molecule has 26 heavy (non-hydrogen) atoms. The van der Waals surface area contributed by atoms with Gasteiger partial charge in [-0.25, -0.2) is 0 Å². The molecular formula is C21H31N3O2. The lowest BCUT2D eigenvalue weighted by atomic mass is 10.0. The van der Waals surface area contributed by atoms with Crippen LogP contribution in [0, 0.1) is 5.92 Å². The Hall–Kier alpha value is -1.88. The number of amides is 2. The van der Waals surface area contributed by atoms with Crippen molar-refractivity contribution in [3.63, 3.8) is 0 Å². The molecule has 3 rings (SSSR count). The maximum absolute atomic E-state index is 12.7. The molecule has 2 aliphatic heterocycles. The zero-order chi connectivity index (χ0) is 18.5. The van der Waals surface area contributed by atoms with Gasteiger partial charge in [0.1, 0.15) is 0 Å². The Morgan fingerprint density at radius 2 is 1.92 bits per heavy atom. The van der Waals surface area contributed by atoms with E-state index in [1.165, 1.54) is 6.42 Å². The number of piperidine rings is 1. The molecular weight excluding hydrogens is 326 g/mol. The molecule has 0 spiro atoms. The van der Waals surface area contributed by atoms with Crippen LogP contribution < -0.4 is 10.2 Å². The van der Waals surface area contributed by atoms with E-state index in [4.69, 9.17) is 0 Å². The fourth-order valence-electron chi connectivity index (χ4n) is 4.13. The SMILES string of the molecule is CCCN1CCC(NC(=O)C2CC(=O)N(c3ccccc3CC)C2)CC1. The van der Waals surface area contributed by atoms with Crippen molar-refractivity contribution in [1.82, 2.24) is 10.2 Å². The fraction of sp³-hybridized carbons (Fsp3) is 0.619. The van der Waals surface area contributed by atoms with E-state index in [-0.39, 0.29) is 23.8 Å². The number of hydrogen-bond acceptors (Lipinski definition) is 3. The van der Waals surface area contributed by atoms with Crippen LogP contribution >= 0.6 is 0 Å². The van der Waals surface area contributed by atoms with E-state index in [1.54, 1.807) is 4.90 Å². The lowest BCUT2D eigenvalue weighted by Crippen LogP contribution is -2.46. The van der Waals surface area contributed by atoms with Gasteiger partial charge >= 0.3 is 0 Å². The minimum absolute atomic E-state index is 0.0452. The average molecular weight is 357 g/mol. The zero-order valence-electron chi connectivity index (χ0n) is 16.0. The minimum atomic E-state index is -0.235. The van der Waals surface area contributed by atoms with Gasteiger partial charge in [0.2, 0.25) is 11.8 Å². The highest BCUT2D eigenvalue weighted by molar-refractivity contribution is 6.00. The molecule has 2 saturated heterocycles. The third-order valence-corrected chi connectivity index (χ3v) is 5.63. The molecule has 0 saturated carbocycles. The summed E-state index contributed by atoms with van der Waals surface area (Å²) in [5.74, 6) is -0.131. The van der Waals surface area contributed by atoms with Gasteiger partial charge in [-0.15, -0.1) is 0 Å². The van der Waals surface area contributed by atoms with Crippen LogP contribution in [0.5, 0.6) is 0 Å².